The summed E-state index contributed by atoms with van der Waals surface area (Å²) < 4.78 is 81.3. The van der Waals surface area contributed by atoms with Crippen molar-refractivity contribution >= 4 is 0 Å². The van der Waals surface area contributed by atoms with Gasteiger partial charge in [-0.15, -0.1) is 0 Å². The second kappa shape index (κ2) is 8.47. The van der Waals surface area contributed by atoms with E-state index >= 15 is 0 Å². The Bertz CT molecular complexity index is 901. The first-order valence-electron chi connectivity index (χ1n) is 10.4. The molecule has 2 atom stereocenters. The molecule has 2 nitrogen and oxygen atoms in total. The summed E-state index contributed by atoms with van der Waals surface area (Å²) in [6.07, 6.45) is -6.37. The molecule has 4 rings (SSSR count). The van der Waals surface area contributed by atoms with Crippen LogP contribution in [0.2, 0.25) is 0 Å². The maximum atomic E-state index is 13.6. The highest BCUT2D eigenvalue weighted by Gasteiger charge is 2.45. The van der Waals surface area contributed by atoms with Gasteiger partial charge in [-0.05, 0) is 55.6 Å². The second-order valence-electron chi connectivity index (χ2n) is 8.33. The zero-order valence-electron chi connectivity index (χ0n) is 16.9. The monoisotopic (exact) mass is 442 g/mol. The highest BCUT2D eigenvalue weighted by molar-refractivity contribution is 5.36. The standard InChI is InChI=1S/C23H24F6N2/c24-22(25,26)19-9-3-1-7-16(19)14-31-17(15-30-11-5-6-12-30)13-21(31)18-8-2-4-10-20(18)23(27,28)29/h1-4,7-10,17,21H,5-6,11-15H2. The summed E-state index contributed by atoms with van der Waals surface area (Å²) >= 11 is 0. The van der Waals surface area contributed by atoms with Crippen molar-refractivity contribution in [3.63, 3.8) is 0 Å². The van der Waals surface area contributed by atoms with Gasteiger partial charge in [0.05, 0.1) is 11.1 Å². The van der Waals surface area contributed by atoms with Crippen molar-refractivity contribution in [1.82, 2.24) is 9.80 Å². The van der Waals surface area contributed by atoms with Crippen LogP contribution >= 0.6 is 0 Å². The van der Waals surface area contributed by atoms with Gasteiger partial charge in [-0.1, -0.05) is 36.4 Å². The first-order valence-corrected chi connectivity index (χ1v) is 10.4. The van der Waals surface area contributed by atoms with Crippen molar-refractivity contribution in [2.24, 2.45) is 0 Å². The molecule has 0 radical (unpaired) electrons. The smallest absolute Gasteiger partial charge is 0.302 e. The van der Waals surface area contributed by atoms with Crippen molar-refractivity contribution in [2.45, 2.75) is 50.2 Å². The van der Waals surface area contributed by atoms with Crippen LogP contribution in [0.15, 0.2) is 48.5 Å². The van der Waals surface area contributed by atoms with Crippen LogP contribution in [0, 0.1) is 0 Å². The molecule has 168 valence electrons. The molecule has 0 N–H and O–H groups in total. The quantitative estimate of drug-likeness (QED) is 0.514. The van der Waals surface area contributed by atoms with Crippen LogP contribution in [0.3, 0.4) is 0 Å². The van der Waals surface area contributed by atoms with E-state index in [2.05, 4.69) is 4.90 Å². The number of likely N-dealkylation sites (tertiary alicyclic amines) is 2. The zero-order valence-corrected chi connectivity index (χ0v) is 16.9. The van der Waals surface area contributed by atoms with Crippen LogP contribution in [0.5, 0.6) is 0 Å². The Morgan fingerprint density at radius 1 is 0.774 bits per heavy atom. The van der Waals surface area contributed by atoms with Crippen molar-refractivity contribution in [3.05, 3.63) is 70.8 Å². The fourth-order valence-electron chi connectivity index (χ4n) is 4.81. The minimum atomic E-state index is -4.51. The molecule has 2 aromatic carbocycles. The number of hydrogen-bond acceptors (Lipinski definition) is 2. The minimum Gasteiger partial charge on any atom is -0.302 e. The molecule has 2 fully saturated rings. The lowest BCUT2D eigenvalue weighted by Crippen LogP contribution is -2.54. The van der Waals surface area contributed by atoms with E-state index in [4.69, 9.17) is 0 Å². The molecule has 0 amide bonds. The fourth-order valence-corrected chi connectivity index (χ4v) is 4.81. The highest BCUT2D eigenvalue weighted by Crippen LogP contribution is 2.46. The molecule has 8 heteroatoms. The van der Waals surface area contributed by atoms with Crippen LogP contribution in [0.1, 0.15) is 47.6 Å². The predicted octanol–water partition coefficient (Wildman–Crippen LogP) is 6.14. The van der Waals surface area contributed by atoms with Crippen molar-refractivity contribution in [1.29, 1.82) is 0 Å². The van der Waals surface area contributed by atoms with Crippen LogP contribution in [-0.2, 0) is 18.9 Å². The first kappa shape index (κ1) is 22.1. The van der Waals surface area contributed by atoms with Gasteiger partial charge in [0, 0.05) is 25.2 Å². The second-order valence-corrected chi connectivity index (χ2v) is 8.33. The number of halogens is 6. The number of rotatable bonds is 5. The minimum absolute atomic E-state index is 0.0367. The molecule has 0 aromatic heterocycles. The summed E-state index contributed by atoms with van der Waals surface area (Å²) in [6, 6.07) is 10.1. The molecule has 2 aliphatic heterocycles. The van der Waals surface area contributed by atoms with Gasteiger partial charge in [0.25, 0.3) is 0 Å². The molecular formula is C23H24F6N2. The summed E-state index contributed by atoms with van der Waals surface area (Å²) in [4.78, 5) is 4.06. The molecule has 31 heavy (non-hydrogen) atoms. The molecular weight excluding hydrogens is 418 g/mol. The van der Waals surface area contributed by atoms with Crippen LogP contribution in [-0.4, -0.2) is 35.5 Å². The lowest BCUT2D eigenvalue weighted by molar-refractivity contribution is -0.140. The molecule has 2 saturated heterocycles. The number of nitrogens with zero attached hydrogens (tertiary/aromatic N) is 2. The van der Waals surface area contributed by atoms with Gasteiger partial charge >= 0.3 is 12.4 Å². The fraction of sp³-hybridized carbons (Fsp3) is 0.478. The van der Waals surface area contributed by atoms with Crippen LogP contribution in [0.4, 0.5) is 26.3 Å². The predicted molar refractivity (Wildman–Crippen MR) is 105 cm³/mol. The molecule has 0 bridgehead atoms. The Morgan fingerprint density at radius 3 is 2.00 bits per heavy atom. The molecule has 0 aliphatic carbocycles. The SMILES string of the molecule is FC(F)(F)c1ccccc1CN1C(CN2CCCC2)CC1c1ccccc1C(F)(F)F. The summed E-state index contributed by atoms with van der Waals surface area (Å²) in [6.45, 7) is 2.48. The average Bonchev–Trinajstić information content (AvgIpc) is 3.21. The maximum Gasteiger partial charge on any atom is 0.416 e. The normalized spacial score (nSPS) is 23.2. The summed E-state index contributed by atoms with van der Waals surface area (Å²) in [5.41, 5.74) is -1.22. The Kier molecular flexibility index (Phi) is 6.05. The summed E-state index contributed by atoms with van der Waals surface area (Å²) in [7, 11) is 0. The Hall–Kier alpha value is -2.06. The van der Waals surface area contributed by atoms with Crippen molar-refractivity contribution in [3.8, 4) is 0 Å². The van der Waals surface area contributed by atoms with Gasteiger partial charge in [0.2, 0.25) is 0 Å². The Balaban J connectivity index is 1.65. The number of hydrogen-bond donors (Lipinski definition) is 0. The Morgan fingerprint density at radius 2 is 1.35 bits per heavy atom. The number of alkyl halides is 6. The van der Waals surface area contributed by atoms with Crippen molar-refractivity contribution < 1.29 is 26.3 Å². The number of benzene rings is 2. The van der Waals surface area contributed by atoms with E-state index in [9.17, 15) is 26.3 Å². The topological polar surface area (TPSA) is 6.48 Å². The third kappa shape index (κ3) is 4.75. The molecule has 2 heterocycles. The Labute approximate surface area is 177 Å². The van der Waals surface area contributed by atoms with Gasteiger partial charge in [-0.25, -0.2) is 0 Å². The van der Waals surface area contributed by atoms with E-state index in [0.29, 0.717) is 13.0 Å². The summed E-state index contributed by atoms with van der Waals surface area (Å²) in [5.74, 6) is 0. The van der Waals surface area contributed by atoms with E-state index in [1.54, 1.807) is 12.1 Å². The van der Waals surface area contributed by atoms with E-state index in [-0.39, 0.29) is 23.7 Å². The van der Waals surface area contributed by atoms with Crippen LogP contribution in [0.25, 0.3) is 0 Å². The van der Waals surface area contributed by atoms with E-state index in [1.165, 1.54) is 24.3 Å². The zero-order chi connectivity index (χ0) is 22.2. The van der Waals surface area contributed by atoms with Gasteiger partial charge in [-0.3, -0.25) is 4.90 Å². The largest absolute Gasteiger partial charge is 0.416 e. The van der Waals surface area contributed by atoms with E-state index in [0.717, 1.165) is 38.1 Å². The van der Waals surface area contributed by atoms with Crippen LogP contribution < -0.4 is 0 Å². The molecule has 0 saturated carbocycles. The average molecular weight is 442 g/mol. The first-order chi connectivity index (χ1) is 14.6. The maximum absolute atomic E-state index is 13.6. The molecule has 2 aliphatic rings. The lowest BCUT2D eigenvalue weighted by atomic mass is 9.83. The van der Waals surface area contributed by atoms with Gasteiger partial charge in [0.1, 0.15) is 0 Å². The molecule has 2 aromatic rings. The molecule has 0 spiro atoms. The van der Waals surface area contributed by atoms with E-state index < -0.39 is 29.5 Å². The van der Waals surface area contributed by atoms with E-state index in [1.807, 2.05) is 4.90 Å². The third-order valence-corrected chi connectivity index (χ3v) is 6.33. The third-order valence-electron chi connectivity index (χ3n) is 6.33. The summed E-state index contributed by atoms with van der Waals surface area (Å²) in [5, 5.41) is 0. The van der Waals surface area contributed by atoms with Gasteiger partial charge in [-0.2, -0.15) is 26.3 Å². The lowest BCUT2D eigenvalue weighted by Gasteiger charge is -2.51. The van der Waals surface area contributed by atoms with Crippen molar-refractivity contribution in [2.75, 3.05) is 19.6 Å². The van der Waals surface area contributed by atoms with Gasteiger partial charge < -0.3 is 4.90 Å². The highest BCUT2D eigenvalue weighted by atomic mass is 19.4. The van der Waals surface area contributed by atoms with Gasteiger partial charge in [0.15, 0.2) is 0 Å². The molecule has 2 unspecified atom stereocenters.